The van der Waals surface area contributed by atoms with Crippen molar-refractivity contribution in [3.05, 3.63) is 62.9 Å². The van der Waals surface area contributed by atoms with Crippen molar-refractivity contribution in [3.63, 3.8) is 0 Å². The van der Waals surface area contributed by atoms with Crippen molar-refractivity contribution < 1.29 is 9.72 Å². The lowest BCUT2D eigenvalue weighted by Gasteiger charge is -2.04. The molecule has 2 rings (SSSR count). The maximum Gasteiger partial charge on any atom is 0.275 e. The number of benzene rings is 1. The van der Waals surface area contributed by atoms with E-state index in [2.05, 4.69) is 0 Å². The summed E-state index contributed by atoms with van der Waals surface area (Å²) in [5.41, 5.74) is 1.05. The molecule has 1 heterocycles. The lowest BCUT2D eigenvalue weighted by atomic mass is 10.2. The van der Waals surface area contributed by atoms with Gasteiger partial charge in [0.25, 0.3) is 5.69 Å². The summed E-state index contributed by atoms with van der Waals surface area (Å²) < 4.78 is 1.71. The molecule has 0 saturated carbocycles. The van der Waals surface area contributed by atoms with E-state index in [1.165, 1.54) is 6.07 Å². The monoisotopic (exact) mass is 264 g/mol. The Morgan fingerprint density at radius 3 is 2.78 bits per heavy atom. The summed E-state index contributed by atoms with van der Waals surface area (Å²) >= 11 is 5.73. The molecule has 1 aromatic heterocycles. The molecular weight excluding hydrogens is 256 g/mol. The SMILES string of the molecule is O=Cc1ccn(Cc2ccc(Cl)cc2[N+](=O)[O-])c1. The minimum Gasteiger partial charge on any atom is -0.349 e. The first-order valence-electron chi connectivity index (χ1n) is 5.14. The highest BCUT2D eigenvalue weighted by molar-refractivity contribution is 6.30. The highest BCUT2D eigenvalue weighted by Crippen LogP contribution is 2.24. The van der Waals surface area contributed by atoms with Gasteiger partial charge in [0, 0.05) is 34.6 Å². The van der Waals surface area contributed by atoms with E-state index in [1.54, 1.807) is 35.2 Å². The van der Waals surface area contributed by atoms with Crippen LogP contribution in [0.5, 0.6) is 0 Å². The van der Waals surface area contributed by atoms with Gasteiger partial charge in [0.05, 0.1) is 11.5 Å². The predicted octanol–water partition coefficient (Wildman–Crippen LogP) is 2.91. The Balaban J connectivity index is 2.33. The second-order valence-corrected chi connectivity index (χ2v) is 4.20. The minimum atomic E-state index is -0.467. The standard InChI is InChI=1S/C12H9ClN2O3/c13-11-2-1-10(12(5-11)15(17)18)7-14-4-3-9(6-14)8-16/h1-6,8H,7H2. The van der Waals surface area contributed by atoms with Crippen molar-refractivity contribution in [2.24, 2.45) is 0 Å². The molecule has 0 fully saturated rings. The normalized spacial score (nSPS) is 10.3. The van der Waals surface area contributed by atoms with Gasteiger partial charge < -0.3 is 4.57 Å². The molecular formula is C12H9ClN2O3. The first-order chi connectivity index (χ1) is 8.60. The van der Waals surface area contributed by atoms with E-state index in [9.17, 15) is 14.9 Å². The second kappa shape index (κ2) is 5.01. The fourth-order valence-corrected chi connectivity index (χ4v) is 1.83. The smallest absolute Gasteiger partial charge is 0.275 e. The molecule has 92 valence electrons. The van der Waals surface area contributed by atoms with Gasteiger partial charge in [-0.05, 0) is 18.2 Å². The summed E-state index contributed by atoms with van der Waals surface area (Å²) in [4.78, 5) is 21.0. The molecule has 0 bridgehead atoms. The van der Waals surface area contributed by atoms with Gasteiger partial charge >= 0.3 is 0 Å². The van der Waals surface area contributed by atoms with E-state index >= 15 is 0 Å². The van der Waals surface area contributed by atoms with E-state index in [1.807, 2.05) is 0 Å². The highest BCUT2D eigenvalue weighted by atomic mass is 35.5. The average molecular weight is 265 g/mol. The lowest BCUT2D eigenvalue weighted by Crippen LogP contribution is -2.01. The summed E-state index contributed by atoms with van der Waals surface area (Å²) in [6.45, 7) is 0.321. The molecule has 0 unspecified atom stereocenters. The number of hydrogen-bond acceptors (Lipinski definition) is 3. The molecule has 0 atom stereocenters. The first kappa shape index (κ1) is 12.3. The maximum absolute atomic E-state index is 10.9. The Morgan fingerprint density at radius 2 is 2.17 bits per heavy atom. The number of carbonyl (C=O) groups excluding carboxylic acids is 1. The van der Waals surface area contributed by atoms with E-state index < -0.39 is 4.92 Å². The quantitative estimate of drug-likeness (QED) is 0.484. The van der Waals surface area contributed by atoms with Crippen LogP contribution in [0.4, 0.5) is 5.69 Å². The van der Waals surface area contributed by atoms with Crippen molar-refractivity contribution in [3.8, 4) is 0 Å². The third-order valence-corrected chi connectivity index (χ3v) is 2.74. The summed E-state index contributed by atoms with van der Waals surface area (Å²) in [7, 11) is 0. The molecule has 2 aromatic rings. The van der Waals surface area contributed by atoms with Crippen LogP contribution in [0.2, 0.25) is 5.02 Å². The molecule has 0 aliphatic carbocycles. The van der Waals surface area contributed by atoms with Crippen LogP contribution in [0.1, 0.15) is 15.9 Å². The summed E-state index contributed by atoms with van der Waals surface area (Å²) in [6, 6.07) is 6.19. The van der Waals surface area contributed by atoms with E-state index in [0.717, 1.165) is 6.29 Å². The molecule has 0 saturated heterocycles. The van der Waals surface area contributed by atoms with Crippen molar-refractivity contribution in [1.29, 1.82) is 0 Å². The lowest BCUT2D eigenvalue weighted by molar-refractivity contribution is -0.385. The van der Waals surface area contributed by atoms with E-state index in [0.29, 0.717) is 22.7 Å². The Kier molecular flexibility index (Phi) is 3.43. The van der Waals surface area contributed by atoms with Crippen LogP contribution in [0, 0.1) is 10.1 Å². The van der Waals surface area contributed by atoms with Crippen LogP contribution < -0.4 is 0 Å². The molecule has 0 amide bonds. The summed E-state index contributed by atoms with van der Waals surface area (Å²) in [6.07, 6.45) is 4.06. The summed E-state index contributed by atoms with van der Waals surface area (Å²) in [5.74, 6) is 0. The van der Waals surface area contributed by atoms with Crippen LogP contribution in [-0.4, -0.2) is 15.8 Å². The number of nitrogens with zero attached hydrogens (tertiary/aromatic N) is 2. The zero-order valence-electron chi connectivity index (χ0n) is 9.25. The van der Waals surface area contributed by atoms with Crippen LogP contribution in [0.15, 0.2) is 36.7 Å². The van der Waals surface area contributed by atoms with Crippen LogP contribution in [0.3, 0.4) is 0 Å². The van der Waals surface area contributed by atoms with Crippen LogP contribution in [0.25, 0.3) is 0 Å². The topological polar surface area (TPSA) is 65.1 Å². The van der Waals surface area contributed by atoms with Crippen molar-refractivity contribution >= 4 is 23.6 Å². The number of nitro groups is 1. The average Bonchev–Trinajstić information content (AvgIpc) is 2.79. The second-order valence-electron chi connectivity index (χ2n) is 3.77. The first-order valence-corrected chi connectivity index (χ1v) is 5.51. The van der Waals surface area contributed by atoms with Gasteiger partial charge in [-0.25, -0.2) is 0 Å². The molecule has 0 aliphatic heterocycles. The van der Waals surface area contributed by atoms with Gasteiger partial charge in [0.2, 0.25) is 0 Å². The third kappa shape index (κ3) is 2.57. The Hall–Kier alpha value is -2.14. The third-order valence-electron chi connectivity index (χ3n) is 2.51. The Bertz CT molecular complexity index is 607. The molecule has 1 aromatic carbocycles. The number of hydrogen-bond donors (Lipinski definition) is 0. The van der Waals surface area contributed by atoms with Crippen molar-refractivity contribution in [2.75, 3.05) is 0 Å². The zero-order chi connectivity index (χ0) is 13.1. The highest BCUT2D eigenvalue weighted by Gasteiger charge is 2.14. The Labute approximate surface area is 108 Å². The van der Waals surface area contributed by atoms with E-state index in [-0.39, 0.29) is 5.69 Å². The number of aromatic nitrogens is 1. The van der Waals surface area contributed by atoms with Gasteiger partial charge in [-0.2, -0.15) is 0 Å². The number of aldehydes is 1. The number of halogens is 1. The zero-order valence-corrected chi connectivity index (χ0v) is 10.0. The molecule has 5 nitrogen and oxygen atoms in total. The molecule has 0 radical (unpaired) electrons. The fraction of sp³-hybridized carbons (Fsp3) is 0.0833. The van der Waals surface area contributed by atoms with Gasteiger partial charge in [0.15, 0.2) is 6.29 Å². The minimum absolute atomic E-state index is 0.0242. The fourth-order valence-electron chi connectivity index (χ4n) is 1.66. The Morgan fingerprint density at radius 1 is 1.39 bits per heavy atom. The molecule has 18 heavy (non-hydrogen) atoms. The van der Waals surface area contributed by atoms with Gasteiger partial charge in [0.1, 0.15) is 0 Å². The van der Waals surface area contributed by atoms with E-state index in [4.69, 9.17) is 11.6 Å². The number of rotatable bonds is 4. The molecule has 0 aliphatic rings. The van der Waals surface area contributed by atoms with Gasteiger partial charge in [-0.3, -0.25) is 14.9 Å². The van der Waals surface area contributed by atoms with Gasteiger partial charge in [-0.1, -0.05) is 11.6 Å². The predicted molar refractivity (Wildman–Crippen MR) is 67.0 cm³/mol. The number of carbonyl (C=O) groups is 1. The largest absolute Gasteiger partial charge is 0.349 e. The van der Waals surface area contributed by atoms with Gasteiger partial charge in [-0.15, -0.1) is 0 Å². The van der Waals surface area contributed by atoms with Crippen molar-refractivity contribution in [1.82, 2.24) is 4.57 Å². The van der Waals surface area contributed by atoms with Crippen LogP contribution in [-0.2, 0) is 6.54 Å². The van der Waals surface area contributed by atoms with Crippen LogP contribution >= 0.6 is 11.6 Å². The summed E-state index contributed by atoms with van der Waals surface area (Å²) in [5, 5.41) is 11.2. The molecule has 0 N–H and O–H groups in total. The maximum atomic E-state index is 10.9. The number of nitro benzene ring substituents is 1. The molecule has 6 heteroatoms. The molecule has 0 spiro atoms. The van der Waals surface area contributed by atoms with Crippen molar-refractivity contribution in [2.45, 2.75) is 6.54 Å².